The third kappa shape index (κ3) is 6.17. The molecule has 1 saturated carbocycles. The molecule has 2 saturated heterocycles. The Labute approximate surface area is 249 Å². The second kappa shape index (κ2) is 12.2. The fourth-order valence-electron chi connectivity index (χ4n) is 7.58. The fourth-order valence-corrected chi connectivity index (χ4v) is 7.58. The minimum atomic E-state index is -4.50. The number of carbonyl (C=O) groups excluding carboxylic acids is 2. The molecule has 0 radical (unpaired) electrons. The molecule has 2 amide bonds. The summed E-state index contributed by atoms with van der Waals surface area (Å²) in [4.78, 5) is 35.5. The molecule has 1 aromatic carbocycles. The minimum Gasteiger partial charge on any atom is -0.379 e. The molecule has 1 aliphatic carbocycles. The molecule has 2 aromatic rings. The number of carbonyl (C=O) groups is 2. The molecule has 43 heavy (non-hydrogen) atoms. The number of amides is 2. The Morgan fingerprint density at radius 2 is 2.02 bits per heavy atom. The van der Waals surface area contributed by atoms with Crippen molar-refractivity contribution < 1.29 is 32.2 Å². The van der Waals surface area contributed by atoms with E-state index in [9.17, 15) is 22.8 Å². The van der Waals surface area contributed by atoms with E-state index in [-0.39, 0.29) is 42.5 Å². The van der Waals surface area contributed by atoms with Gasteiger partial charge >= 0.3 is 6.18 Å². The Morgan fingerprint density at radius 3 is 2.79 bits per heavy atom. The number of nitrogens with one attached hydrogen (secondary N) is 1. The largest absolute Gasteiger partial charge is 0.417 e. The molecule has 232 valence electrons. The van der Waals surface area contributed by atoms with Crippen LogP contribution in [-0.2, 0) is 44.6 Å². The van der Waals surface area contributed by atoms with Gasteiger partial charge < -0.3 is 24.6 Å². The Kier molecular flexibility index (Phi) is 8.50. The maximum atomic E-state index is 14.5. The number of benzene rings is 1. The van der Waals surface area contributed by atoms with Crippen LogP contribution in [0, 0.1) is 11.3 Å². The SMILES string of the molecule is COC1COCCC1NC1CC2CN(C(=O)CCc3ccccc3)CC2(C(=O)N2CCc3ncc(C(F)(F)F)cc3C2)C1. The van der Waals surface area contributed by atoms with Gasteiger partial charge in [0.15, 0.2) is 0 Å². The number of hydrogen-bond donors (Lipinski definition) is 1. The lowest BCUT2D eigenvalue weighted by Crippen LogP contribution is -2.52. The van der Waals surface area contributed by atoms with Gasteiger partial charge in [0.2, 0.25) is 11.8 Å². The Balaban J connectivity index is 1.21. The third-order valence-electron chi connectivity index (χ3n) is 9.83. The molecule has 1 aromatic heterocycles. The van der Waals surface area contributed by atoms with Gasteiger partial charge in [-0.3, -0.25) is 14.6 Å². The van der Waals surface area contributed by atoms with Crippen molar-refractivity contribution in [3.8, 4) is 0 Å². The summed E-state index contributed by atoms with van der Waals surface area (Å²) in [5.74, 6) is -0.0830. The zero-order valence-electron chi connectivity index (χ0n) is 24.4. The number of methoxy groups -OCH3 is 1. The first-order valence-corrected chi connectivity index (χ1v) is 15.2. The Morgan fingerprint density at radius 1 is 1.21 bits per heavy atom. The molecule has 4 heterocycles. The predicted molar refractivity (Wildman–Crippen MR) is 152 cm³/mol. The number of hydrogen-bond acceptors (Lipinski definition) is 6. The zero-order valence-corrected chi connectivity index (χ0v) is 24.4. The standard InChI is InChI=1S/C32H39F3N4O4/c1-42-28-19-43-12-10-27(28)37-25-14-24-18-39(29(40)8-7-21-5-3-2-4-6-21)20-31(24,15-25)30(41)38-11-9-26-22(17-38)13-23(16-36-26)32(33,34)35/h2-6,13,16,24-25,27-28,37H,7-12,14-15,17-20H2,1H3. The summed E-state index contributed by atoms with van der Waals surface area (Å²) in [5.41, 5.74) is 0.538. The summed E-state index contributed by atoms with van der Waals surface area (Å²) in [6, 6.07) is 11.2. The second-order valence-electron chi connectivity index (χ2n) is 12.5. The van der Waals surface area contributed by atoms with E-state index in [4.69, 9.17) is 9.47 Å². The maximum absolute atomic E-state index is 14.5. The first-order chi connectivity index (χ1) is 20.7. The highest BCUT2D eigenvalue weighted by Crippen LogP contribution is 2.51. The molecular formula is C32H39F3N4O4. The van der Waals surface area contributed by atoms with E-state index < -0.39 is 17.2 Å². The van der Waals surface area contributed by atoms with Crippen molar-refractivity contribution in [2.45, 2.75) is 69.4 Å². The molecule has 5 atom stereocenters. The summed E-state index contributed by atoms with van der Waals surface area (Å²) >= 11 is 0. The number of aryl methyl sites for hydroxylation is 1. The van der Waals surface area contributed by atoms with Crippen LogP contribution in [0.2, 0.25) is 0 Å². The molecule has 3 fully saturated rings. The smallest absolute Gasteiger partial charge is 0.379 e. The van der Waals surface area contributed by atoms with E-state index >= 15 is 0 Å². The molecule has 6 rings (SSSR count). The average molecular weight is 601 g/mol. The summed E-state index contributed by atoms with van der Waals surface area (Å²) in [5, 5.41) is 3.75. The monoisotopic (exact) mass is 600 g/mol. The number of nitrogens with zero attached hydrogens (tertiary/aromatic N) is 3. The zero-order chi connectivity index (χ0) is 30.2. The van der Waals surface area contributed by atoms with Crippen LogP contribution in [0.1, 0.15) is 48.1 Å². The van der Waals surface area contributed by atoms with Gasteiger partial charge in [-0.1, -0.05) is 30.3 Å². The Bertz CT molecular complexity index is 1330. The predicted octanol–water partition coefficient (Wildman–Crippen LogP) is 3.62. The minimum absolute atomic E-state index is 0.0295. The molecule has 11 heteroatoms. The Hall–Kier alpha value is -3.02. The molecule has 8 nitrogen and oxygen atoms in total. The van der Waals surface area contributed by atoms with Gasteiger partial charge in [0.25, 0.3) is 0 Å². The summed E-state index contributed by atoms with van der Waals surface area (Å²) < 4.78 is 51.5. The van der Waals surface area contributed by atoms with E-state index in [2.05, 4.69) is 10.3 Å². The fraction of sp³-hybridized carbons (Fsp3) is 0.594. The van der Waals surface area contributed by atoms with Crippen LogP contribution < -0.4 is 5.32 Å². The van der Waals surface area contributed by atoms with Crippen LogP contribution in [-0.4, -0.2) is 84.7 Å². The van der Waals surface area contributed by atoms with E-state index in [0.29, 0.717) is 69.8 Å². The van der Waals surface area contributed by atoms with Crippen LogP contribution in [0.3, 0.4) is 0 Å². The number of rotatable bonds is 7. The molecule has 0 spiro atoms. The number of halogens is 3. The highest BCUT2D eigenvalue weighted by molar-refractivity contribution is 5.87. The first-order valence-electron chi connectivity index (χ1n) is 15.2. The van der Waals surface area contributed by atoms with Crippen LogP contribution >= 0.6 is 0 Å². The first kappa shape index (κ1) is 30.0. The molecule has 5 unspecified atom stereocenters. The van der Waals surface area contributed by atoms with Crippen LogP contribution in [0.25, 0.3) is 0 Å². The summed E-state index contributed by atoms with van der Waals surface area (Å²) in [6.07, 6.45) is -0.193. The van der Waals surface area contributed by atoms with Crippen molar-refractivity contribution in [1.29, 1.82) is 0 Å². The van der Waals surface area contributed by atoms with Crippen LogP contribution in [0.4, 0.5) is 13.2 Å². The van der Waals surface area contributed by atoms with Crippen molar-refractivity contribution >= 4 is 11.8 Å². The lowest BCUT2D eigenvalue weighted by molar-refractivity contribution is -0.144. The van der Waals surface area contributed by atoms with Crippen molar-refractivity contribution in [1.82, 2.24) is 20.1 Å². The van der Waals surface area contributed by atoms with Crippen molar-refractivity contribution in [2.24, 2.45) is 11.3 Å². The lowest BCUT2D eigenvalue weighted by Gasteiger charge is -2.37. The van der Waals surface area contributed by atoms with Crippen LogP contribution in [0.15, 0.2) is 42.6 Å². The van der Waals surface area contributed by atoms with E-state index in [1.54, 1.807) is 12.0 Å². The van der Waals surface area contributed by atoms with Gasteiger partial charge in [-0.15, -0.1) is 0 Å². The molecule has 0 bridgehead atoms. The number of alkyl halides is 3. The van der Waals surface area contributed by atoms with Crippen LogP contribution in [0.5, 0.6) is 0 Å². The van der Waals surface area contributed by atoms with Gasteiger partial charge in [0, 0.05) is 76.7 Å². The second-order valence-corrected chi connectivity index (χ2v) is 12.5. The maximum Gasteiger partial charge on any atom is 0.417 e. The number of aromatic nitrogens is 1. The average Bonchev–Trinajstić information content (AvgIpc) is 3.54. The molecular weight excluding hydrogens is 561 g/mol. The quantitative estimate of drug-likeness (QED) is 0.523. The molecule has 4 aliphatic rings. The molecule has 3 aliphatic heterocycles. The summed E-state index contributed by atoms with van der Waals surface area (Å²) in [7, 11) is 1.68. The van der Waals surface area contributed by atoms with Crippen molar-refractivity contribution in [3.05, 3.63) is 65.0 Å². The lowest BCUT2D eigenvalue weighted by atomic mass is 9.78. The number of likely N-dealkylation sites (tertiary alicyclic amines) is 1. The van der Waals surface area contributed by atoms with Crippen molar-refractivity contribution in [3.63, 3.8) is 0 Å². The number of pyridine rings is 1. The van der Waals surface area contributed by atoms with Crippen molar-refractivity contribution in [2.75, 3.05) is 40.0 Å². The van der Waals surface area contributed by atoms with E-state index in [0.717, 1.165) is 30.7 Å². The van der Waals surface area contributed by atoms with Gasteiger partial charge in [0.1, 0.15) is 0 Å². The molecule has 1 N–H and O–H groups in total. The van der Waals surface area contributed by atoms with Gasteiger partial charge in [0.05, 0.1) is 23.7 Å². The van der Waals surface area contributed by atoms with E-state index in [1.807, 2.05) is 35.2 Å². The van der Waals surface area contributed by atoms with Gasteiger partial charge in [-0.25, -0.2) is 0 Å². The highest BCUT2D eigenvalue weighted by atomic mass is 19.4. The summed E-state index contributed by atoms with van der Waals surface area (Å²) in [6.45, 7) is 2.47. The normalized spacial score (nSPS) is 28.9. The van der Waals surface area contributed by atoms with Gasteiger partial charge in [-0.2, -0.15) is 13.2 Å². The highest BCUT2D eigenvalue weighted by Gasteiger charge is 2.59. The number of fused-ring (bicyclic) bond motifs is 2. The number of ether oxygens (including phenoxy) is 2. The third-order valence-corrected chi connectivity index (χ3v) is 9.83. The van der Waals surface area contributed by atoms with Gasteiger partial charge in [-0.05, 0) is 48.8 Å². The van der Waals surface area contributed by atoms with E-state index in [1.165, 1.54) is 0 Å². The topological polar surface area (TPSA) is 84.0 Å².